The van der Waals surface area contributed by atoms with E-state index in [1.165, 1.54) is 32.1 Å². The quantitative estimate of drug-likeness (QED) is 0.236. The Hall–Kier alpha value is -1.34. The van der Waals surface area contributed by atoms with Gasteiger partial charge in [-0.1, -0.05) is 32.1 Å². The van der Waals surface area contributed by atoms with E-state index < -0.39 is 0 Å². The third kappa shape index (κ3) is 8.51. The summed E-state index contributed by atoms with van der Waals surface area (Å²) in [6.45, 7) is 7.97. The lowest BCUT2D eigenvalue weighted by molar-refractivity contribution is -0.143. The van der Waals surface area contributed by atoms with Crippen LogP contribution in [0.4, 0.5) is 0 Å². The molecule has 1 aliphatic heterocycles. The molecule has 1 aliphatic carbocycles. The molecule has 29 heavy (non-hydrogen) atoms. The Morgan fingerprint density at radius 2 is 1.79 bits per heavy atom. The molecule has 0 bridgehead atoms. The fraction of sp³-hybridized carbons (Fsp3) is 0.909. The molecule has 0 aromatic heterocycles. The van der Waals surface area contributed by atoms with E-state index in [-0.39, 0.29) is 11.5 Å². The van der Waals surface area contributed by atoms with Crippen molar-refractivity contribution in [2.24, 2.45) is 4.99 Å². The zero-order valence-corrected chi connectivity index (χ0v) is 18.6. The summed E-state index contributed by atoms with van der Waals surface area (Å²) in [5, 5.41) is 7.06. The highest BCUT2D eigenvalue weighted by atomic mass is 16.5. The summed E-state index contributed by atoms with van der Waals surface area (Å²) in [7, 11) is 1.84. The van der Waals surface area contributed by atoms with Gasteiger partial charge in [-0.3, -0.25) is 14.7 Å². The minimum atomic E-state index is -0.0767. The number of nitrogens with zero attached hydrogens (tertiary/aromatic N) is 2. The minimum absolute atomic E-state index is 0.0767. The summed E-state index contributed by atoms with van der Waals surface area (Å²) < 4.78 is 10.5. The molecule has 2 fully saturated rings. The topological polar surface area (TPSA) is 75.2 Å². The molecular weight excluding hydrogens is 368 g/mol. The highest BCUT2D eigenvalue weighted by Gasteiger charge is 2.38. The fourth-order valence-corrected chi connectivity index (χ4v) is 4.51. The van der Waals surface area contributed by atoms with Gasteiger partial charge in [-0.25, -0.2) is 0 Å². The maximum absolute atomic E-state index is 11.3. The van der Waals surface area contributed by atoms with Gasteiger partial charge in [0, 0.05) is 45.2 Å². The lowest BCUT2D eigenvalue weighted by atomic mass is 9.80. The van der Waals surface area contributed by atoms with Gasteiger partial charge in [-0.2, -0.15) is 0 Å². The van der Waals surface area contributed by atoms with Crippen molar-refractivity contribution in [1.82, 2.24) is 15.5 Å². The lowest BCUT2D eigenvalue weighted by Crippen LogP contribution is -2.60. The first-order valence-electron chi connectivity index (χ1n) is 11.6. The second-order valence-electron chi connectivity index (χ2n) is 8.21. The van der Waals surface area contributed by atoms with Crippen LogP contribution in [0.2, 0.25) is 0 Å². The number of unbranched alkanes of at least 4 members (excludes halogenated alkanes) is 3. The Morgan fingerprint density at radius 3 is 2.48 bits per heavy atom. The number of carbonyl (C=O) groups excluding carboxylic acids is 1. The number of morpholine rings is 1. The number of rotatable bonds is 11. The van der Waals surface area contributed by atoms with Gasteiger partial charge in [-0.15, -0.1) is 0 Å². The molecule has 0 unspecified atom stereocenters. The van der Waals surface area contributed by atoms with Crippen molar-refractivity contribution >= 4 is 11.9 Å². The average Bonchev–Trinajstić information content (AvgIpc) is 2.76. The minimum Gasteiger partial charge on any atom is -0.466 e. The Morgan fingerprint density at radius 1 is 1.07 bits per heavy atom. The first-order chi connectivity index (χ1) is 14.2. The second-order valence-corrected chi connectivity index (χ2v) is 8.21. The molecule has 0 spiro atoms. The van der Waals surface area contributed by atoms with Crippen LogP contribution in [0.1, 0.15) is 71.1 Å². The van der Waals surface area contributed by atoms with Crippen molar-refractivity contribution in [3.63, 3.8) is 0 Å². The Balaban J connectivity index is 1.65. The van der Waals surface area contributed by atoms with Crippen LogP contribution in [0, 0.1) is 0 Å². The van der Waals surface area contributed by atoms with Gasteiger partial charge in [-0.05, 0) is 32.6 Å². The van der Waals surface area contributed by atoms with Gasteiger partial charge >= 0.3 is 5.97 Å². The molecule has 0 aromatic carbocycles. The van der Waals surface area contributed by atoms with Crippen LogP contribution in [0.15, 0.2) is 4.99 Å². The molecule has 0 atom stereocenters. The van der Waals surface area contributed by atoms with E-state index in [0.717, 1.165) is 71.0 Å². The number of guanidine groups is 1. The molecule has 2 aliphatic rings. The zero-order valence-electron chi connectivity index (χ0n) is 18.6. The largest absolute Gasteiger partial charge is 0.466 e. The summed E-state index contributed by atoms with van der Waals surface area (Å²) in [6, 6.07) is 0. The van der Waals surface area contributed by atoms with E-state index in [1.807, 2.05) is 14.0 Å². The van der Waals surface area contributed by atoms with Crippen LogP contribution in [-0.2, 0) is 14.3 Å². The van der Waals surface area contributed by atoms with Crippen molar-refractivity contribution in [3.8, 4) is 0 Å². The monoisotopic (exact) mass is 410 g/mol. The summed E-state index contributed by atoms with van der Waals surface area (Å²) in [5.74, 6) is 0.821. The molecule has 1 saturated carbocycles. The van der Waals surface area contributed by atoms with E-state index in [4.69, 9.17) is 9.47 Å². The van der Waals surface area contributed by atoms with Crippen molar-refractivity contribution in [3.05, 3.63) is 0 Å². The van der Waals surface area contributed by atoms with E-state index in [9.17, 15) is 4.79 Å². The second kappa shape index (κ2) is 13.8. The SMILES string of the molecule is CCOC(=O)CCCCCCNC(=NC)NCC1(N2CCOCC2)CCCCC1. The van der Waals surface area contributed by atoms with Gasteiger partial charge in [0.25, 0.3) is 0 Å². The summed E-state index contributed by atoms with van der Waals surface area (Å²) in [6.07, 6.45) is 11.2. The van der Waals surface area contributed by atoms with Crippen molar-refractivity contribution in [2.75, 3.05) is 53.0 Å². The van der Waals surface area contributed by atoms with E-state index in [1.54, 1.807) is 0 Å². The van der Waals surface area contributed by atoms with Crippen molar-refractivity contribution in [1.29, 1.82) is 0 Å². The lowest BCUT2D eigenvalue weighted by Gasteiger charge is -2.48. The molecule has 1 heterocycles. The number of ether oxygens (including phenoxy) is 2. The third-order valence-electron chi connectivity index (χ3n) is 6.18. The molecule has 7 heteroatoms. The number of hydrogen-bond acceptors (Lipinski definition) is 5. The predicted molar refractivity (Wildman–Crippen MR) is 117 cm³/mol. The molecular formula is C22H42N4O3. The Labute approximate surface area is 177 Å². The normalized spacial score (nSPS) is 20.3. The zero-order chi connectivity index (χ0) is 20.8. The third-order valence-corrected chi connectivity index (χ3v) is 6.18. The first kappa shape index (κ1) is 23.9. The van der Waals surface area contributed by atoms with Crippen LogP contribution in [-0.4, -0.2) is 75.4 Å². The van der Waals surface area contributed by atoms with Crippen molar-refractivity contribution < 1.29 is 14.3 Å². The maximum atomic E-state index is 11.3. The van der Waals surface area contributed by atoms with Gasteiger partial charge in [0.05, 0.1) is 19.8 Å². The summed E-state index contributed by atoms with van der Waals surface area (Å²) in [4.78, 5) is 18.4. The van der Waals surface area contributed by atoms with E-state index in [0.29, 0.717) is 13.0 Å². The first-order valence-corrected chi connectivity index (χ1v) is 11.6. The molecule has 0 aromatic rings. The van der Waals surface area contributed by atoms with E-state index in [2.05, 4.69) is 20.5 Å². The van der Waals surface area contributed by atoms with Crippen LogP contribution in [0.25, 0.3) is 0 Å². The number of aliphatic imine (C=N–C) groups is 1. The smallest absolute Gasteiger partial charge is 0.305 e. The molecule has 0 amide bonds. The van der Waals surface area contributed by atoms with E-state index >= 15 is 0 Å². The van der Waals surface area contributed by atoms with Gasteiger partial charge in [0.1, 0.15) is 0 Å². The molecule has 7 nitrogen and oxygen atoms in total. The van der Waals surface area contributed by atoms with Crippen LogP contribution >= 0.6 is 0 Å². The fourth-order valence-electron chi connectivity index (χ4n) is 4.51. The number of nitrogens with one attached hydrogen (secondary N) is 2. The Bertz CT molecular complexity index is 486. The van der Waals surface area contributed by atoms with Gasteiger partial charge in [0.15, 0.2) is 5.96 Å². The average molecular weight is 411 g/mol. The molecule has 2 N–H and O–H groups in total. The predicted octanol–water partition coefficient (Wildman–Crippen LogP) is 2.70. The number of hydrogen-bond donors (Lipinski definition) is 2. The van der Waals surface area contributed by atoms with Crippen molar-refractivity contribution in [2.45, 2.75) is 76.7 Å². The van der Waals surface area contributed by atoms with Gasteiger partial charge < -0.3 is 20.1 Å². The number of carbonyl (C=O) groups is 1. The summed E-state index contributed by atoms with van der Waals surface area (Å²) >= 11 is 0. The van der Waals surface area contributed by atoms with Gasteiger partial charge in [0.2, 0.25) is 0 Å². The summed E-state index contributed by atoms with van der Waals surface area (Å²) in [5.41, 5.74) is 0.243. The molecule has 168 valence electrons. The standard InChI is InChI=1S/C22H42N4O3/c1-3-29-20(27)11-7-4-5-10-14-24-21(23-2)25-19-22(12-8-6-9-13-22)26-15-17-28-18-16-26/h3-19H2,1-2H3,(H2,23,24,25). The van der Waals surface area contributed by atoms with Crippen LogP contribution < -0.4 is 10.6 Å². The van der Waals surface area contributed by atoms with Crippen LogP contribution in [0.3, 0.4) is 0 Å². The molecule has 2 rings (SSSR count). The van der Waals surface area contributed by atoms with Crippen LogP contribution in [0.5, 0.6) is 0 Å². The molecule has 0 radical (unpaired) electrons. The highest BCUT2D eigenvalue weighted by Crippen LogP contribution is 2.33. The number of esters is 1. The Kier molecular flexibility index (Phi) is 11.4. The highest BCUT2D eigenvalue weighted by molar-refractivity contribution is 5.79. The molecule has 1 saturated heterocycles. The maximum Gasteiger partial charge on any atom is 0.305 e.